The summed E-state index contributed by atoms with van der Waals surface area (Å²) < 4.78 is 12.7. The van der Waals surface area contributed by atoms with E-state index in [0.29, 0.717) is 22.2 Å². The Morgan fingerprint density at radius 1 is 1.20 bits per heavy atom. The molecule has 130 valence electrons. The van der Waals surface area contributed by atoms with Crippen LogP contribution in [0.25, 0.3) is 5.82 Å². The first-order chi connectivity index (χ1) is 11.9. The zero-order valence-electron chi connectivity index (χ0n) is 14.6. The minimum Gasteiger partial charge on any atom is -0.485 e. The van der Waals surface area contributed by atoms with Gasteiger partial charge >= 0.3 is 0 Å². The van der Waals surface area contributed by atoms with E-state index in [0.717, 1.165) is 22.7 Å². The number of ether oxygens (including phenoxy) is 1. The first-order valence-corrected chi connectivity index (χ1v) is 8.29. The fraction of sp³-hybridized carbons (Fsp3) is 0.263. The fourth-order valence-electron chi connectivity index (χ4n) is 2.79. The Hall–Kier alpha value is -2.53. The molecular weight excluding hydrogens is 340 g/mol. The average molecular weight is 359 g/mol. The second-order valence-corrected chi connectivity index (χ2v) is 6.45. The Morgan fingerprint density at radius 3 is 2.60 bits per heavy atom. The van der Waals surface area contributed by atoms with Gasteiger partial charge in [0, 0.05) is 28.0 Å². The summed E-state index contributed by atoms with van der Waals surface area (Å²) in [7, 11) is 0. The summed E-state index contributed by atoms with van der Waals surface area (Å²) in [6.45, 7) is 7.50. The van der Waals surface area contributed by atoms with E-state index in [1.54, 1.807) is 12.1 Å². The van der Waals surface area contributed by atoms with E-state index < -0.39 is 0 Å². The summed E-state index contributed by atoms with van der Waals surface area (Å²) in [4.78, 5) is 12.6. The van der Waals surface area contributed by atoms with Crippen LogP contribution in [0.1, 0.15) is 33.1 Å². The number of aryl methyl sites for hydroxylation is 3. The predicted octanol–water partition coefficient (Wildman–Crippen LogP) is 4.61. The number of hydrogen-bond donors (Lipinski definition) is 0. The van der Waals surface area contributed by atoms with Crippen LogP contribution in [0.3, 0.4) is 0 Å². The lowest BCUT2D eigenvalue weighted by Gasteiger charge is -2.08. The number of carbonyl (C=O) groups excluding carboxylic acids is 1. The zero-order chi connectivity index (χ0) is 18.1. The monoisotopic (exact) mass is 358 g/mol. The van der Waals surface area contributed by atoms with Crippen LogP contribution in [0, 0.1) is 27.7 Å². The Morgan fingerprint density at radius 2 is 1.96 bits per heavy atom. The van der Waals surface area contributed by atoms with Crippen LogP contribution in [0.15, 0.2) is 34.9 Å². The highest BCUT2D eigenvalue weighted by atomic mass is 35.5. The second kappa shape index (κ2) is 6.76. The predicted molar refractivity (Wildman–Crippen MR) is 96.1 cm³/mol. The summed E-state index contributed by atoms with van der Waals surface area (Å²) in [5.41, 5.74) is 3.25. The largest absolute Gasteiger partial charge is 0.485 e. The van der Waals surface area contributed by atoms with Gasteiger partial charge in [0.2, 0.25) is 5.78 Å². The molecule has 0 aliphatic carbocycles. The highest BCUT2D eigenvalue weighted by molar-refractivity contribution is 6.31. The Balaban J connectivity index is 1.79. The first kappa shape index (κ1) is 17.3. The lowest BCUT2D eigenvalue weighted by Crippen LogP contribution is -2.13. The third kappa shape index (κ3) is 3.46. The van der Waals surface area contributed by atoms with E-state index in [-0.39, 0.29) is 12.4 Å². The molecule has 0 aliphatic rings. The molecule has 0 spiro atoms. The van der Waals surface area contributed by atoms with Crippen LogP contribution in [-0.4, -0.2) is 22.1 Å². The van der Waals surface area contributed by atoms with Gasteiger partial charge in [-0.2, -0.15) is 0 Å². The SMILES string of the molecule is Cc1cc(-n2c(C)cc(C(=O)COc3ccc(Cl)c(C)c3)c2C)no1. The van der Waals surface area contributed by atoms with Crippen LogP contribution in [0.5, 0.6) is 5.75 Å². The van der Waals surface area contributed by atoms with Crippen LogP contribution in [-0.2, 0) is 0 Å². The lowest BCUT2D eigenvalue weighted by atomic mass is 10.1. The quantitative estimate of drug-likeness (QED) is 0.625. The van der Waals surface area contributed by atoms with Gasteiger partial charge in [-0.05, 0) is 57.5 Å². The van der Waals surface area contributed by atoms with Crippen molar-refractivity contribution in [1.29, 1.82) is 0 Å². The molecule has 0 bridgehead atoms. The van der Waals surface area contributed by atoms with Gasteiger partial charge in [-0.1, -0.05) is 16.8 Å². The molecule has 0 fully saturated rings. The van der Waals surface area contributed by atoms with Crippen molar-refractivity contribution in [3.8, 4) is 11.6 Å². The van der Waals surface area contributed by atoms with Crippen LogP contribution < -0.4 is 4.74 Å². The number of carbonyl (C=O) groups is 1. The number of nitrogens with zero attached hydrogens (tertiary/aromatic N) is 2. The highest BCUT2D eigenvalue weighted by Gasteiger charge is 2.18. The first-order valence-electron chi connectivity index (χ1n) is 7.91. The second-order valence-electron chi connectivity index (χ2n) is 6.04. The number of ketones is 1. The molecule has 25 heavy (non-hydrogen) atoms. The molecule has 0 radical (unpaired) electrons. The smallest absolute Gasteiger partial charge is 0.202 e. The number of aromatic nitrogens is 2. The van der Waals surface area contributed by atoms with Crippen LogP contribution >= 0.6 is 11.6 Å². The topological polar surface area (TPSA) is 57.3 Å². The Labute approximate surface area is 151 Å². The minimum absolute atomic E-state index is 0.0385. The van der Waals surface area contributed by atoms with E-state index in [1.807, 2.05) is 50.5 Å². The molecule has 0 saturated heterocycles. The molecule has 0 unspecified atom stereocenters. The molecule has 2 heterocycles. The molecule has 1 aromatic carbocycles. The van der Waals surface area contributed by atoms with Crippen LogP contribution in [0.2, 0.25) is 5.02 Å². The van der Waals surface area contributed by atoms with Gasteiger partial charge in [-0.15, -0.1) is 0 Å². The van der Waals surface area contributed by atoms with Crippen LogP contribution in [0.4, 0.5) is 0 Å². The van der Waals surface area contributed by atoms with Crippen molar-refractivity contribution >= 4 is 17.4 Å². The van der Waals surface area contributed by atoms with Gasteiger partial charge in [0.15, 0.2) is 12.4 Å². The molecule has 3 aromatic rings. The molecule has 0 atom stereocenters. The van der Waals surface area contributed by atoms with Gasteiger partial charge in [0.05, 0.1) is 0 Å². The number of halogens is 1. The maximum absolute atomic E-state index is 12.6. The van der Waals surface area contributed by atoms with Gasteiger partial charge in [0.25, 0.3) is 0 Å². The number of hydrogen-bond acceptors (Lipinski definition) is 4. The average Bonchev–Trinajstić information content (AvgIpc) is 3.11. The summed E-state index contributed by atoms with van der Waals surface area (Å²) in [6.07, 6.45) is 0. The normalized spacial score (nSPS) is 10.9. The zero-order valence-corrected chi connectivity index (χ0v) is 15.3. The van der Waals surface area contributed by atoms with E-state index in [1.165, 1.54) is 0 Å². The number of benzene rings is 1. The molecule has 6 heteroatoms. The molecule has 2 aromatic heterocycles. The summed E-state index contributed by atoms with van der Waals surface area (Å²) in [6, 6.07) is 9.01. The fourth-order valence-corrected chi connectivity index (χ4v) is 2.91. The molecular formula is C19H19ClN2O3. The molecule has 0 amide bonds. The summed E-state index contributed by atoms with van der Waals surface area (Å²) in [5.74, 6) is 1.92. The Bertz CT molecular complexity index is 940. The van der Waals surface area contributed by atoms with Crippen molar-refractivity contribution in [2.24, 2.45) is 0 Å². The molecule has 0 saturated carbocycles. The lowest BCUT2D eigenvalue weighted by molar-refractivity contribution is 0.0921. The highest BCUT2D eigenvalue weighted by Crippen LogP contribution is 2.23. The molecule has 0 N–H and O–H groups in total. The van der Waals surface area contributed by atoms with E-state index >= 15 is 0 Å². The maximum atomic E-state index is 12.6. The van der Waals surface area contributed by atoms with E-state index in [4.69, 9.17) is 20.9 Å². The minimum atomic E-state index is -0.0906. The molecule has 3 rings (SSSR count). The van der Waals surface area contributed by atoms with Crippen molar-refractivity contribution in [2.75, 3.05) is 6.61 Å². The van der Waals surface area contributed by atoms with Gasteiger partial charge < -0.3 is 9.26 Å². The third-order valence-corrected chi connectivity index (χ3v) is 4.50. The van der Waals surface area contributed by atoms with Crippen molar-refractivity contribution in [3.05, 3.63) is 63.6 Å². The van der Waals surface area contributed by atoms with E-state index in [9.17, 15) is 4.79 Å². The standard InChI is InChI=1S/C19H19ClN2O3/c1-11-7-15(5-6-17(11)20)24-10-18(23)16-8-12(2)22(14(16)4)19-9-13(3)25-21-19/h5-9H,10H2,1-4H3. The van der Waals surface area contributed by atoms with Crippen molar-refractivity contribution in [3.63, 3.8) is 0 Å². The maximum Gasteiger partial charge on any atom is 0.202 e. The van der Waals surface area contributed by atoms with Crippen molar-refractivity contribution in [1.82, 2.24) is 9.72 Å². The number of Topliss-reactive ketones (excluding diaryl/α,β-unsaturated/α-hetero) is 1. The van der Waals surface area contributed by atoms with Crippen molar-refractivity contribution < 1.29 is 14.1 Å². The molecule has 0 aliphatic heterocycles. The Kier molecular flexibility index (Phi) is 4.68. The van der Waals surface area contributed by atoms with Gasteiger partial charge in [-0.3, -0.25) is 9.36 Å². The van der Waals surface area contributed by atoms with Gasteiger partial charge in [0.1, 0.15) is 11.5 Å². The number of rotatable bonds is 5. The summed E-state index contributed by atoms with van der Waals surface area (Å²) >= 11 is 6.00. The van der Waals surface area contributed by atoms with Gasteiger partial charge in [-0.25, -0.2) is 0 Å². The molecule has 5 nitrogen and oxygen atoms in total. The third-order valence-electron chi connectivity index (χ3n) is 4.08. The van der Waals surface area contributed by atoms with Crippen molar-refractivity contribution in [2.45, 2.75) is 27.7 Å². The summed E-state index contributed by atoms with van der Waals surface area (Å²) in [5, 5.41) is 4.70. The van der Waals surface area contributed by atoms with E-state index in [2.05, 4.69) is 5.16 Å².